The Labute approximate surface area is 115 Å². The van der Waals surface area contributed by atoms with Crippen LogP contribution in [0.15, 0.2) is 30.4 Å². The van der Waals surface area contributed by atoms with Crippen LogP contribution in [0.3, 0.4) is 0 Å². The number of urea groups is 1. The van der Waals surface area contributed by atoms with Gasteiger partial charge in [0.05, 0.1) is 10.7 Å². The van der Waals surface area contributed by atoms with E-state index < -0.39 is 11.8 Å². The standard InChI is InChI=1S/C13H14ClFN2O2/c14-11-4-2-9(15)6-12(11)17-13(19)16-10-3-1-8(5-10)7-18/h1-4,6,8,10,18H,5,7H2,(H2,16,17,19)/t8-,10+/m0/s1. The summed E-state index contributed by atoms with van der Waals surface area (Å²) in [5.74, 6) is -0.399. The van der Waals surface area contributed by atoms with Gasteiger partial charge in [0.1, 0.15) is 5.82 Å². The highest BCUT2D eigenvalue weighted by atomic mass is 35.5. The normalized spacial score (nSPS) is 21.4. The van der Waals surface area contributed by atoms with Crippen molar-refractivity contribution in [2.75, 3.05) is 11.9 Å². The van der Waals surface area contributed by atoms with Gasteiger partial charge in [-0.25, -0.2) is 9.18 Å². The molecule has 1 aromatic carbocycles. The number of carbonyl (C=O) groups excluding carboxylic acids is 1. The molecule has 0 radical (unpaired) electrons. The predicted molar refractivity (Wildman–Crippen MR) is 71.7 cm³/mol. The maximum Gasteiger partial charge on any atom is 0.319 e. The van der Waals surface area contributed by atoms with Gasteiger partial charge in [-0.3, -0.25) is 0 Å². The molecule has 0 saturated carbocycles. The highest BCUT2D eigenvalue weighted by Crippen LogP contribution is 2.22. The summed E-state index contributed by atoms with van der Waals surface area (Å²) in [6, 6.07) is 3.16. The van der Waals surface area contributed by atoms with E-state index in [1.165, 1.54) is 12.1 Å². The van der Waals surface area contributed by atoms with Crippen LogP contribution in [-0.2, 0) is 0 Å². The summed E-state index contributed by atoms with van der Waals surface area (Å²) < 4.78 is 13.0. The monoisotopic (exact) mass is 284 g/mol. The summed E-state index contributed by atoms with van der Waals surface area (Å²) in [5.41, 5.74) is 0.222. The molecule has 0 saturated heterocycles. The first-order chi connectivity index (χ1) is 9.08. The van der Waals surface area contributed by atoms with E-state index in [4.69, 9.17) is 16.7 Å². The van der Waals surface area contributed by atoms with Crippen molar-refractivity contribution in [1.82, 2.24) is 5.32 Å². The third kappa shape index (κ3) is 3.68. The SMILES string of the molecule is O=C(Nc1cc(F)ccc1Cl)N[C@@H]1C=C[C@H](CO)C1. The molecule has 0 unspecified atom stereocenters. The fourth-order valence-electron chi connectivity index (χ4n) is 1.94. The number of carbonyl (C=O) groups is 1. The van der Waals surface area contributed by atoms with Crippen LogP contribution in [0.5, 0.6) is 0 Å². The smallest absolute Gasteiger partial charge is 0.319 e. The molecule has 0 aromatic heterocycles. The Morgan fingerprint density at radius 3 is 2.95 bits per heavy atom. The molecule has 0 heterocycles. The molecule has 0 fully saturated rings. The summed E-state index contributed by atoms with van der Waals surface area (Å²) in [7, 11) is 0. The van der Waals surface area contributed by atoms with E-state index >= 15 is 0 Å². The number of hydrogen-bond acceptors (Lipinski definition) is 2. The lowest BCUT2D eigenvalue weighted by molar-refractivity contribution is 0.238. The Kier molecular flexibility index (Phi) is 4.39. The average molecular weight is 285 g/mol. The van der Waals surface area contributed by atoms with E-state index in [0.29, 0.717) is 6.42 Å². The zero-order valence-electron chi connectivity index (χ0n) is 10.1. The number of nitrogens with one attached hydrogen (secondary N) is 2. The average Bonchev–Trinajstić information content (AvgIpc) is 2.81. The van der Waals surface area contributed by atoms with Gasteiger partial charge in [0.2, 0.25) is 0 Å². The fourth-order valence-corrected chi connectivity index (χ4v) is 2.10. The van der Waals surface area contributed by atoms with Gasteiger partial charge in [0.25, 0.3) is 0 Å². The maximum atomic E-state index is 13.0. The van der Waals surface area contributed by atoms with Crippen molar-refractivity contribution < 1.29 is 14.3 Å². The molecule has 2 amide bonds. The molecule has 1 aromatic rings. The van der Waals surface area contributed by atoms with Crippen LogP contribution in [0.2, 0.25) is 5.02 Å². The van der Waals surface area contributed by atoms with Crippen molar-refractivity contribution in [3.63, 3.8) is 0 Å². The number of halogens is 2. The molecule has 6 heteroatoms. The van der Waals surface area contributed by atoms with E-state index in [9.17, 15) is 9.18 Å². The second-order valence-electron chi connectivity index (χ2n) is 4.39. The summed E-state index contributed by atoms with van der Waals surface area (Å²) in [6.07, 6.45) is 4.34. The Bertz CT molecular complexity index is 507. The highest BCUT2D eigenvalue weighted by Gasteiger charge is 2.19. The van der Waals surface area contributed by atoms with E-state index in [1.54, 1.807) is 0 Å². The number of hydrogen-bond donors (Lipinski definition) is 3. The molecule has 2 rings (SSSR count). The van der Waals surface area contributed by atoms with Crippen molar-refractivity contribution in [2.24, 2.45) is 5.92 Å². The van der Waals surface area contributed by atoms with E-state index in [-0.39, 0.29) is 29.3 Å². The highest BCUT2D eigenvalue weighted by molar-refractivity contribution is 6.33. The van der Waals surface area contributed by atoms with E-state index in [1.807, 2.05) is 12.2 Å². The number of benzene rings is 1. The lowest BCUT2D eigenvalue weighted by Gasteiger charge is -2.14. The molecule has 102 valence electrons. The molecule has 1 aliphatic rings. The summed E-state index contributed by atoms with van der Waals surface area (Å²) in [5, 5.41) is 14.5. The molecular formula is C13H14ClFN2O2. The van der Waals surface area contributed by atoms with E-state index in [0.717, 1.165) is 6.07 Å². The molecule has 0 aliphatic heterocycles. The van der Waals surface area contributed by atoms with Crippen molar-refractivity contribution >= 4 is 23.3 Å². The maximum absolute atomic E-state index is 13.0. The quantitative estimate of drug-likeness (QED) is 0.747. The lowest BCUT2D eigenvalue weighted by atomic mass is 10.1. The van der Waals surface area contributed by atoms with Crippen LogP contribution < -0.4 is 10.6 Å². The summed E-state index contributed by atoms with van der Waals surface area (Å²) >= 11 is 5.85. The third-order valence-electron chi connectivity index (χ3n) is 2.90. The molecule has 4 nitrogen and oxygen atoms in total. The van der Waals surface area contributed by atoms with Gasteiger partial charge in [-0.15, -0.1) is 0 Å². The Morgan fingerprint density at radius 2 is 2.26 bits per heavy atom. The third-order valence-corrected chi connectivity index (χ3v) is 3.23. The van der Waals surface area contributed by atoms with Gasteiger partial charge in [-0.2, -0.15) is 0 Å². The van der Waals surface area contributed by atoms with Crippen LogP contribution in [-0.4, -0.2) is 23.8 Å². The molecule has 0 spiro atoms. The van der Waals surface area contributed by atoms with Crippen LogP contribution in [0, 0.1) is 11.7 Å². The number of aliphatic hydroxyl groups is 1. The Hall–Kier alpha value is -1.59. The number of amides is 2. The van der Waals surface area contributed by atoms with Gasteiger partial charge in [0.15, 0.2) is 0 Å². The van der Waals surface area contributed by atoms with Crippen molar-refractivity contribution in [1.29, 1.82) is 0 Å². The minimum Gasteiger partial charge on any atom is -0.396 e. The first kappa shape index (κ1) is 13.8. The molecule has 1 aliphatic carbocycles. The molecular weight excluding hydrogens is 271 g/mol. The first-order valence-corrected chi connectivity index (χ1v) is 6.28. The second-order valence-corrected chi connectivity index (χ2v) is 4.80. The van der Waals surface area contributed by atoms with Crippen LogP contribution in [0.4, 0.5) is 14.9 Å². The number of aliphatic hydroxyl groups excluding tert-OH is 1. The summed E-state index contributed by atoms with van der Waals surface area (Å²) in [6.45, 7) is 0.0615. The Morgan fingerprint density at radius 1 is 1.47 bits per heavy atom. The fraction of sp³-hybridized carbons (Fsp3) is 0.308. The van der Waals surface area contributed by atoms with Gasteiger partial charge in [-0.1, -0.05) is 23.8 Å². The first-order valence-electron chi connectivity index (χ1n) is 5.90. The zero-order valence-corrected chi connectivity index (χ0v) is 10.8. The van der Waals surface area contributed by atoms with Gasteiger partial charge < -0.3 is 15.7 Å². The predicted octanol–water partition coefficient (Wildman–Crippen LogP) is 2.54. The van der Waals surface area contributed by atoms with Crippen molar-refractivity contribution in [3.8, 4) is 0 Å². The van der Waals surface area contributed by atoms with Crippen LogP contribution in [0.25, 0.3) is 0 Å². The Balaban J connectivity index is 1.91. The second kappa shape index (κ2) is 6.04. The van der Waals surface area contributed by atoms with Gasteiger partial charge in [0, 0.05) is 18.6 Å². The molecule has 0 bridgehead atoms. The van der Waals surface area contributed by atoms with Crippen LogP contribution >= 0.6 is 11.6 Å². The largest absolute Gasteiger partial charge is 0.396 e. The van der Waals surface area contributed by atoms with Crippen molar-refractivity contribution in [2.45, 2.75) is 12.5 Å². The topological polar surface area (TPSA) is 61.4 Å². The lowest BCUT2D eigenvalue weighted by Crippen LogP contribution is -2.36. The molecule has 19 heavy (non-hydrogen) atoms. The number of anilines is 1. The van der Waals surface area contributed by atoms with Crippen molar-refractivity contribution in [3.05, 3.63) is 41.2 Å². The molecule has 3 N–H and O–H groups in total. The minimum atomic E-state index is -0.471. The van der Waals surface area contributed by atoms with Crippen LogP contribution in [0.1, 0.15) is 6.42 Å². The van der Waals surface area contributed by atoms with E-state index in [2.05, 4.69) is 10.6 Å². The number of rotatable bonds is 3. The van der Waals surface area contributed by atoms with Gasteiger partial charge in [-0.05, 0) is 24.6 Å². The zero-order chi connectivity index (χ0) is 13.8. The van der Waals surface area contributed by atoms with Gasteiger partial charge >= 0.3 is 6.03 Å². The molecule has 2 atom stereocenters. The summed E-state index contributed by atoms with van der Waals surface area (Å²) in [4.78, 5) is 11.7. The minimum absolute atomic E-state index is 0.0615.